The summed E-state index contributed by atoms with van der Waals surface area (Å²) < 4.78 is 41.9. The predicted molar refractivity (Wildman–Crippen MR) is 80.9 cm³/mol. The number of halogens is 4. The van der Waals surface area contributed by atoms with Crippen molar-refractivity contribution in [1.82, 2.24) is 9.97 Å². The molecule has 23 heavy (non-hydrogen) atoms. The zero-order valence-corrected chi connectivity index (χ0v) is 12.9. The fourth-order valence-corrected chi connectivity index (χ4v) is 2.45. The molecule has 0 unspecified atom stereocenters. The molecule has 0 saturated carbocycles. The monoisotopic (exact) mass is 384 g/mol. The molecule has 0 saturated heterocycles. The molecule has 1 N–H and O–H groups in total. The summed E-state index contributed by atoms with van der Waals surface area (Å²) in [4.78, 5) is 18.1. The van der Waals surface area contributed by atoms with Gasteiger partial charge < -0.3 is 9.72 Å². The van der Waals surface area contributed by atoms with Gasteiger partial charge in [-0.15, -0.1) is 0 Å². The molecule has 0 aliphatic rings. The Bertz CT molecular complexity index is 890. The highest BCUT2D eigenvalue weighted by molar-refractivity contribution is 9.10. The number of pyridine rings is 1. The van der Waals surface area contributed by atoms with Crippen LogP contribution in [0.5, 0.6) is 5.75 Å². The van der Waals surface area contributed by atoms with Crippen LogP contribution in [0.4, 0.5) is 13.2 Å². The quantitative estimate of drug-likeness (QED) is 0.524. The molecule has 8 heteroatoms. The van der Waals surface area contributed by atoms with Crippen molar-refractivity contribution in [2.75, 3.05) is 0 Å². The molecule has 0 fully saturated rings. The summed E-state index contributed by atoms with van der Waals surface area (Å²) in [5, 5.41) is 0.834. The van der Waals surface area contributed by atoms with Gasteiger partial charge in [0.05, 0.1) is 0 Å². The van der Waals surface area contributed by atoms with Crippen LogP contribution in [-0.4, -0.2) is 22.1 Å². The smallest absolute Gasteiger partial charge is 0.420 e. The highest BCUT2D eigenvalue weighted by Crippen LogP contribution is 2.29. The number of hydrogen-bond donors (Lipinski definition) is 1. The molecule has 2 heterocycles. The summed E-state index contributed by atoms with van der Waals surface area (Å²) in [5.74, 6) is -2.44. The summed E-state index contributed by atoms with van der Waals surface area (Å²) in [6.45, 7) is 0. The second-order valence-corrected chi connectivity index (χ2v) is 5.53. The number of benzene rings is 1. The van der Waals surface area contributed by atoms with Crippen LogP contribution >= 0.6 is 15.9 Å². The largest absolute Gasteiger partial charge is 0.491 e. The van der Waals surface area contributed by atoms with Crippen LogP contribution in [0.25, 0.3) is 22.2 Å². The first-order chi connectivity index (χ1) is 10.8. The van der Waals surface area contributed by atoms with E-state index < -0.39 is 12.1 Å². The highest BCUT2D eigenvalue weighted by Gasteiger charge is 2.41. The van der Waals surface area contributed by atoms with Crippen molar-refractivity contribution in [2.45, 2.75) is 6.18 Å². The van der Waals surface area contributed by atoms with Crippen LogP contribution in [-0.2, 0) is 4.79 Å². The molecule has 0 amide bonds. The SMILES string of the molecule is O=C(Oc1cccc(-c2cnc3[nH]cc(Br)c3c2)c1)C(F)(F)F. The van der Waals surface area contributed by atoms with Crippen molar-refractivity contribution < 1.29 is 22.7 Å². The van der Waals surface area contributed by atoms with Gasteiger partial charge in [-0.25, -0.2) is 9.78 Å². The first-order valence-corrected chi connectivity index (χ1v) is 7.16. The van der Waals surface area contributed by atoms with Crippen LogP contribution < -0.4 is 4.74 Å². The molecule has 2 aromatic heterocycles. The molecule has 118 valence electrons. The number of carbonyl (C=O) groups is 1. The minimum Gasteiger partial charge on any atom is -0.420 e. The summed E-state index contributed by atoms with van der Waals surface area (Å²) >= 11 is 3.38. The lowest BCUT2D eigenvalue weighted by molar-refractivity contribution is -0.189. The first-order valence-electron chi connectivity index (χ1n) is 6.36. The van der Waals surface area contributed by atoms with Gasteiger partial charge in [0.15, 0.2) is 0 Å². The normalized spacial score (nSPS) is 11.7. The lowest BCUT2D eigenvalue weighted by Gasteiger charge is -2.08. The van der Waals surface area contributed by atoms with Gasteiger partial charge in [-0.3, -0.25) is 0 Å². The standard InChI is InChI=1S/C15H8BrF3N2O2/c16-12-7-21-13-11(12)5-9(6-20-13)8-2-1-3-10(4-8)23-14(22)15(17,18)19/h1-7H,(H,20,21). The molecule has 0 aliphatic carbocycles. The Balaban J connectivity index is 1.95. The molecule has 4 nitrogen and oxygen atoms in total. The van der Waals surface area contributed by atoms with Crippen LogP contribution in [0.3, 0.4) is 0 Å². The minimum absolute atomic E-state index is 0.182. The number of alkyl halides is 3. The summed E-state index contributed by atoms with van der Waals surface area (Å²) in [5.41, 5.74) is 1.95. The third kappa shape index (κ3) is 3.21. The number of carbonyl (C=O) groups excluding carboxylic acids is 1. The Hall–Kier alpha value is -2.35. The number of fused-ring (bicyclic) bond motifs is 1. The number of aromatic nitrogens is 2. The fraction of sp³-hybridized carbons (Fsp3) is 0.0667. The molecular formula is C15H8BrF3N2O2. The molecule has 3 aromatic rings. The second kappa shape index (κ2) is 5.69. The van der Waals surface area contributed by atoms with Gasteiger partial charge in [-0.1, -0.05) is 12.1 Å². The van der Waals surface area contributed by atoms with Crippen molar-refractivity contribution in [2.24, 2.45) is 0 Å². The number of H-pyrrole nitrogens is 1. The third-order valence-corrected chi connectivity index (χ3v) is 3.75. The van der Waals surface area contributed by atoms with E-state index in [2.05, 4.69) is 30.6 Å². The number of nitrogens with zero attached hydrogens (tertiary/aromatic N) is 1. The lowest BCUT2D eigenvalue weighted by atomic mass is 10.1. The van der Waals surface area contributed by atoms with E-state index in [-0.39, 0.29) is 5.75 Å². The number of esters is 1. The van der Waals surface area contributed by atoms with Gasteiger partial charge in [0.1, 0.15) is 11.4 Å². The number of hydrogen-bond acceptors (Lipinski definition) is 3. The number of nitrogens with one attached hydrogen (secondary N) is 1. The maximum atomic E-state index is 12.2. The van der Waals surface area contributed by atoms with Crippen molar-refractivity contribution >= 4 is 32.9 Å². The van der Waals surface area contributed by atoms with E-state index in [1.54, 1.807) is 18.5 Å². The fourth-order valence-electron chi connectivity index (χ4n) is 2.03. The topological polar surface area (TPSA) is 55.0 Å². The number of aromatic amines is 1. The Kier molecular flexibility index (Phi) is 3.85. The molecule has 0 bridgehead atoms. The van der Waals surface area contributed by atoms with E-state index in [0.29, 0.717) is 16.8 Å². The Labute approximate surface area is 136 Å². The Morgan fingerprint density at radius 1 is 1.22 bits per heavy atom. The van der Waals surface area contributed by atoms with E-state index in [9.17, 15) is 18.0 Å². The van der Waals surface area contributed by atoms with Crippen LogP contribution in [0, 0.1) is 0 Å². The van der Waals surface area contributed by atoms with Gasteiger partial charge in [0, 0.05) is 27.8 Å². The van der Waals surface area contributed by atoms with Gasteiger partial charge in [0.2, 0.25) is 0 Å². The summed E-state index contributed by atoms with van der Waals surface area (Å²) in [7, 11) is 0. The van der Waals surface area contributed by atoms with Crippen LogP contribution in [0.2, 0.25) is 0 Å². The Morgan fingerprint density at radius 2 is 2.00 bits per heavy atom. The zero-order chi connectivity index (χ0) is 16.6. The van der Waals surface area contributed by atoms with Crippen molar-refractivity contribution in [3.05, 3.63) is 47.2 Å². The number of rotatable bonds is 2. The lowest BCUT2D eigenvalue weighted by Crippen LogP contribution is -2.27. The summed E-state index contributed by atoms with van der Waals surface area (Å²) in [6.07, 6.45) is -1.72. The van der Waals surface area contributed by atoms with Crippen molar-refractivity contribution in [1.29, 1.82) is 0 Å². The van der Waals surface area contributed by atoms with Crippen LogP contribution in [0.15, 0.2) is 47.2 Å². The van der Waals surface area contributed by atoms with Gasteiger partial charge in [-0.05, 0) is 39.7 Å². The van der Waals surface area contributed by atoms with Gasteiger partial charge in [0.25, 0.3) is 0 Å². The van der Waals surface area contributed by atoms with Crippen molar-refractivity contribution in [3.8, 4) is 16.9 Å². The van der Waals surface area contributed by atoms with E-state index in [4.69, 9.17) is 0 Å². The van der Waals surface area contributed by atoms with Gasteiger partial charge in [-0.2, -0.15) is 13.2 Å². The molecule has 0 spiro atoms. The molecular weight excluding hydrogens is 377 g/mol. The first kappa shape index (κ1) is 15.5. The third-order valence-electron chi connectivity index (χ3n) is 3.09. The van der Waals surface area contributed by atoms with E-state index in [1.807, 2.05) is 6.07 Å². The Morgan fingerprint density at radius 3 is 2.74 bits per heavy atom. The average molecular weight is 385 g/mol. The predicted octanol–water partition coefficient (Wildman–Crippen LogP) is 4.46. The highest BCUT2D eigenvalue weighted by atomic mass is 79.9. The molecule has 3 rings (SSSR count). The van der Waals surface area contributed by atoms with E-state index in [1.165, 1.54) is 18.2 Å². The molecule has 0 atom stereocenters. The maximum Gasteiger partial charge on any atom is 0.491 e. The van der Waals surface area contributed by atoms with Crippen molar-refractivity contribution in [3.63, 3.8) is 0 Å². The second-order valence-electron chi connectivity index (χ2n) is 4.67. The molecule has 0 radical (unpaired) electrons. The zero-order valence-electron chi connectivity index (χ0n) is 11.3. The minimum atomic E-state index is -5.04. The maximum absolute atomic E-state index is 12.2. The average Bonchev–Trinajstić information content (AvgIpc) is 2.87. The van der Waals surface area contributed by atoms with Gasteiger partial charge >= 0.3 is 12.1 Å². The molecule has 0 aliphatic heterocycles. The summed E-state index contributed by atoms with van der Waals surface area (Å²) in [6, 6.07) is 7.66. The van der Waals surface area contributed by atoms with E-state index in [0.717, 1.165) is 9.86 Å². The number of ether oxygens (including phenoxy) is 1. The molecule has 1 aromatic carbocycles. The van der Waals surface area contributed by atoms with Crippen LogP contribution in [0.1, 0.15) is 0 Å². The van der Waals surface area contributed by atoms with E-state index >= 15 is 0 Å².